The fourth-order valence-corrected chi connectivity index (χ4v) is 4.31. The maximum absolute atomic E-state index is 15.8. The first-order valence-electron chi connectivity index (χ1n) is 9.22. The van der Waals surface area contributed by atoms with Crippen LogP contribution >= 0.6 is 0 Å². The Labute approximate surface area is 158 Å². The average Bonchev–Trinajstić information content (AvgIpc) is 3.37. The van der Waals surface area contributed by atoms with Crippen LogP contribution in [-0.2, 0) is 5.41 Å². The molecule has 3 nitrogen and oxygen atoms in total. The van der Waals surface area contributed by atoms with Gasteiger partial charge in [0, 0.05) is 16.5 Å². The zero-order chi connectivity index (χ0) is 19.4. The summed E-state index contributed by atoms with van der Waals surface area (Å²) < 4.78 is 38.6. The van der Waals surface area contributed by atoms with Crippen molar-refractivity contribution in [3.63, 3.8) is 0 Å². The van der Waals surface area contributed by atoms with E-state index < -0.39 is 11.6 Å². The van der Waals surface area contributed by atoms with Crippen molar-refractivity contribution >= 4 is 49.4 Å². The van der Waals surface area contributed by atoms with Gasteiger partial charge in [-0.3, -0.25) is 4.40 Å². The van der Waals surface area contributed by atoms with Gasteiger partial charge in [-0.1, -0.05) is 45.0 Å². The summed E-state index contributed by atoms with van der Waals surface area (Å²) >= 11 is 0. The van der Waals surface area contributed by atoms with Crippen LogP contribution in [0.25, 0.3) is 49.4 Å². The van der Waals surface area contributed by atoms with Crippen LogP contribution in [0.4, 0.5) is 8.78 Å². The Morgan fingerprint density at radius 2 is 1.61 bits per heavy atom. The molecule has 5 heteroatoms. The van der Waals surface area contributed by atoms with Crippen LogP contribution in [-0.4, -0.2) is 9.38 Å². The molecule has 0 fully saturated rings. The van der Waals surface area contributed by atoms with Gasteiger partial charge in [-0.05, 0) is 23.6 Å². The van der Waals surface area contributed by atoms with E-state index in [0.717, 1.165) is 16.5 Å². The standard InChI is InChI=1S/C23H16F2N2O/c1-23(2,3)15-10-11-6-4-5-7-12(11)22-26-20-18(24)16-13-8-9-14(28-13)17(16)19(25)21(20)27(15)22/h4-10H,1-3H3. The number of aromatic nitrogens is 2. The van der Waals surface area contributed by atoms with Crippen LogP contribution < -0.4 is 0 Å². The van der Waals surface area contributed by atoms with Crippen molar-refractivity contribution in [3.8, 4) is 0 Å². The number of hydrogen-bond acceptors (Lipinski definition) is 2. The maximum Gasteiger partial charge on any atom is 0.162 e. The molecule has 0 saturated carbocycles. The highest BCUT2D eigenvalue weighted by atomic mass is 19.1. The van der Waals surface area contributed by atoms with Crippen LogP contribution in [0.1, 0.15) is 26.5 Å². The second-order valence-electron chi connectivity index (χ2n) is 8.38. The lowest BCUT2D eigenvalue weighted by Crippen LogP contribution is -2.16. The van der Waals surface area contributed by atoms with Crippen molar-refractivity contribution in [2.45, 2.75) is 26.2 Å². The number of pyridine rings is 1. The summed E-state index contributed by atoms with van der Waals surface area (Å²) in [6, 6.07) is 13.2. The third-order valence-electron chi connectivity index (χ3n) is 5.58. The highest BCUT2D eigenvalue weighted by Crippen LogP contribution is 2.41. The first-order valence-corrected chi connectivity index (χ1v) is 9.22. The first kappa shape index (κ1) is 15.8. The SMILES string of the molecule is CC(C)(C)c1cc2ccccc2c2nc3c(F)c4c5ccc(o5)c4c(F)c3n12. The third-order valence-corrected chi connectivity index (χ3v) is 5.58. The highest BCUT2D eigenvalue weighted by Gasteiger charge is 2.28. The fourth-order valence-electron chi connectivity index (χ4n) is 4.31. The van der Waals surface area contributed by atoms with E-state index in [0.29, 0.717) is 16.8 Å². The van der Waals surface area contributed by atoms with Gasteiger partial charge < -0.3 is 4.42 Å². The van der Waals surface area contributed by atoms with Crippen molar-refractivity contribution in [3.05, 3.63) is 59.8 Å². The van der Waals surface area contributed by atoms with E-state index in [4.69, 9.17) is 4.42 Å². The Morgan fingerprint density at radius 1 is 0.929 bits per heavy atom. The number of hydrogen-bond donors (Lipinski definition) is 0. The molecule has 0 radical (unpaired) electrons. The van der Waals surface area contributed by atoms with Gasteiger partial charge in [-0.25, -0.2) is 13.8 Å². The molecule has 0 aliphatic carbocycles. The Hall–Kier alpha value is -3.21. The molecule has 0 N–H and O–H groups in total. The van der Waals surface area contributed by atoms with Gasteiger partial charge >= 0.3 is 0 Å². The number of furan rings is 2. The van der Waals surface area contributed by atoms with E-state index in [1.807, 2.05) is 30.3 Å². The Bertz CT molecular complexity index is 1570. The minimum atomic E-state index is -0.534. The van der Waals surface area contributed by atoms with Gasteiger partial charge in [0.2, 0.25) is 0 Å². The van der Waals surface area contributed by atoms with Crippen LogP contribution in [0.5, 0.6) is 0 Å². The Balaban J connectivity index is 1.98. The number of benzene rings is 3. The van der Waals surface area contributed by atoms with Gasteiger partial charge in [-0.2, -0.15) is 0 Å². The monoisotopic (exact) mass is 374 g/mol. The van der Waals surface area contributed by atoms with Crippen LogP contribution in [0.15, 0.2) is 46.9 Å². The van der Waals surface area contributed by atoms with Crippen molar-refractivity contribution in [2.24, 2.45) is 0 Å². The summed E-state index contributed by atoms with van der Waals surface area (Å²) in [5.41, 5.74) is 2.05. The molecule has 0 unspecified atom stereocenters. The summed E-state index contributed by atoms with van der Waals surface area (Å²) in [6.45, 7) is 6.17. The predicted molar refractivity (Wildman–Crippen MR) is 107 cm³/mol. The van der Waals surface area contributed by atoms with Gasteiger partial charge in [0.15, 0.2) is 11.6 Å². The molecule has 0 aliphatic heterocycles. The average molecular weight is 374 g/mol. The summed E-state index contributed by atoms with van der Waals surface area (Å²) in [7, 11) is 0. The first-order chi connectivity index (χ1) is 13.4. The predicted octanol–water partition coefficient (Wildman–Crippen LogP) is 6.55. The minimum absolute atomic E-state index is 0.0377. The molecule has 0 amide bonds. The lowest BCUT2D eigenvalue weighted by Gasteiger charge is -2.22. The summed E-state index contributed by atoms with van der Waals surface area (Å²) in [4.78, 5) is 4.58. The Kier molecular flexibility index (Phi) is 2.70. The highest BCUT2D eigenvalue weighted by molar-refractivity contribution is 6.14. The summed E-state index contributed by atoms with van der Waals surface area (Å²) in [5.74, 6) is -1.03. The number of fused-ring (bicyclic) bond motifs is 10. The number of imidazole rings is 1. The van der Waals surface area contributed by atoms with Gasteiger partial charge in [0.1, 0.15) is 27.8 Å². The normalized spacial score (nSPS) is 13.2. The topological polar surface area (TPSA) is 30.4 Å². The van der Waals surface area contributed by atoms with E-state index in [9.17, 15) is 0 Å². The van der Waals surface area contributed by atoms with Crippen molar-refractivity contribution in [1.29, 1.82) is 0 Å². The molecule has 0 aliphatic rings. The zero-order valence-electron chi connectivity index (χ0n) is 15.6. The number of halogens is 2. The third kappa shape index (κ3) is 1.74. The van der Waals surface area contributed by atoms with Gasteiger partial charge in [0.25, 0.3) is 0 Å². The molecule has 2 bridgehead atoms. The zero-order valence-corrected chi connectivity index (χ0v) is 15.6. The van der Waals surface area contributed by atoms with Gasteiger partial charge in [0.05, 0.1) is 10.8 Å². The van der Waals surface area contributed by atoms with Crippen LogP contribution in [0, 0.1) is 11.6 Å². The van der Waals surface area contributed by atoms with E-state index in [1.165, 1.54) is 0 Å². The number of nitrogens with zero attached hydrogens (tertiary/aromatic N) is 2. The maximum atomic E-state index is 15.8. The quantitative estimate of drug-likeness (QED) is 0.302. The molecule has 0 spiro atoms. The van der Waals surface area contributed by atoms with Crippen LogP contribution in [0.2, 0.25) is 0 Å². The molecule has 0 atom stereocenters. The molecule has 138 valence electrons. The second kappa shape index (κ2) is 4.79. The van der Waals surface area contributed by atoms with Crippen LogP contribution in [0.3, 0.4) is 0 Å². The molecular formula is C23H16F2N2O. The van der Waals surface area contributed by atoms with Crippen molar-refractivity contribution in [2.75, 3.05) is 0 Å². The molecule has 4 aromatic heterocycles. The second-order valence-corrected chi connectivity index (χ2v) is 8.38. The van der Waals surface area contributed by atoms with E-state index in [-0.39, 0.29) is 27.2 Å². The van der Waals surface area contributed by atoms with Gasteiger partial charge in [-0.15, -0.1) is 0 Å². The molecule has 6 rings (SSSR count). The van der Waals surface area contributed by atoms with Crippen molar-refractivity contribution in [1.82, 2.24) is 9.38 Å². The Morgan fingerprint density at radius 3 is 2.32 bits per heavy atom. The molecule has 0 saturated heterocycles. The largest absolute Gasteiger partial charge is 0.456 e. The smallest absolute Gasteiger partial charge is 0.162 e. The molecular weight excluding hydrogens is 358 g/mol. The molecule has 28 heavy (non-hydrogen) atoms. The molecule has 2 aromatic carbocycles. The molecule has 4 heterocycles. The summed E-state index contributed by atoms with van der Waals surface area (Å²) in [6.07, 6.45) is 0. The lowest BCUT2D eigenvalue weighted by molar-refractivity contribution is 0.562. The van der Waals surface area contributed by atoms with E-state index >= 15 is 8.78 Å². The van der Waals surface area contributed by atoms with E-state index in [2.05, 4.69) is 25.8 Å². The molecule has 6 aromatic rings. The summed E-state index contributed by atoms with van der Waals surface area (Å²) in [5, 5.41) is 2.23. The minimum Gasteiger partial charge on any atom is -0.456 e. The van der Waals surface area contributed by atoms with Crippen molar-refractivity contribution < 1.29 is 13.2 Å². The number of rotatable bonds is 0. The fraction of sp³-hybridized carbons (Fsp3) is 0.174. The van der Waals surface area contributed by atoms with E-state index in [1.54, 1.807) is 16.5 Å². The lowest BCUT2D eigenvalue weighted by atomic mass is 9.90.